The summed E-state index contributed by atoms with van der Waals surface area (Å²) in [5.41, 5.74) is 0.571. The van der Waals surface area contributed by atoms with Crippen LogP contribution in [0.1, 0.15) is 27.6 Å². The van der Waals surface area contributed by atoms with Crippen LogP contribution in [-0.2, 0) is 4.74 Å². The van der Waals surface area contributed by atoms with Crippen molar-refractivity contribution < 1.29 is 29.6 Å². The molecule has 2 rings (SSSR count). The number of phenols is 2. The highest BCUT2D eigenvalue weighted by atomic mass is 79.9. The fraction of sp³-hybridized carbons (Fsp3) is 0.125. The van der Waals surface area contributed by atoms with Gasteiger partial charge in [0.2, 0.25) is 0 Å². The van der Waals surface area contributed by atoms with E-state index < -0.39 is 5.97 Å². The van der Waals surface area contributed by atoms with Gasteiger partial charge in [-0.05, 0) is 75.2 Å². The molecule has 0 aromatic heterocycles. The van der Waals surface area contributed by atoms with E-state index in [1.807, 2.05) is 0 Å². The number of benzene rings is 2. The van der Waals surface area contributed by atoms with Crippen molar-refractivity contribution in [2.45, 2.75) is 6.92 Å². The third-order valence-electron chi connectivity index (χ3n) is 2.65. The summed E-state index contributed by atoms with van der Waals surface area (Å²) in [4.78, 5) is 21.5. The molecule has 0 fully saturated rings. The van der Waals surface area contributed by atoms with Gasteiger partial charge in [0.1, 0.15) is 11.5 Å². The van der Waals surface area contributed by atoms with Crippen molar-refractivity contribution in [2.24, 2.45) is 0 Å². The molecule has 0 spiro atoms. The molecular formula is C16H14Br2O6. The number of phenolic OH excluding ortho intramolecular Hbond substituents is 2. The summed E-state index contributed by atoms with van der Waals surface area (Å²) in [5.74, 6) is -1.25. The number of aromatic carboxylic acids is 1. The van der Waals surface area contributed by atoms with Crippen molar-refractivity contribution in [2.75, 3.05) is 6.61 Å². The summed E-state index contributed by atoms with van der Waals surface area (Å²) in [5, 5.41) is 26.6. The number of esters is 1. The predicted molar refractivity (Wildman–Crippen MR) is 94.5 cm³/mol. The van der Waals surface area contributed by atoms with E-state index >= 15 is 0 Å². The van der Waals surface area contributed by atoms with Crippen LogP contribution in [0, 0.1) is 0 Å². The van der Waals surface area contributed by atoms with E-state index in [9.17, 15) is 9.59 Å². The first kappa shape index (κ1) is 20.0. The quantitative estimate of drug-likeness (QED) is 0.592. The molecule has 2 aromatic carbocycles. The van der Waals surface area contributed by atoms with Gasteiger partial charge in [-0.15, -0.1) is 0 Å². The summed E-state index contributed by atoms with van der Waals surface area (Å²) < 4.78 is 5.65. The smallest absolute Gasteiger partial charge is 0.338 e. The van der Waals surface area contributed by atoms with Crippen LogP contribution < -0.4 is 0 Å². The highest BCUT2D eigenvalue weighted by molar-refractivity contribution is 9.10. The minimum atomic E-state index is -1.01. The van der Waals surface area contributed by atoms with Crippen LogP contribution in [0.15, 0.2) is 45.3 Å². The Morgan fingerprint density at radius 2 is 1.42 bits per heavy atom. The number of hydrogen-bond donors (Lipinski definition) is 3. The maximum atomic E-state index is 11.2. The fourth-order valence-corrected chi connectivity index (χ4v) is 2.25. The van der Waals surface area contributed by atoms with Crippen molar-refractivity contribution in [3.05, 3.63) is 56.5 Å². The zero-order valence-corrected chi connectivity index (χ0v) is 15.7. The normalized spacial score (nSPS) is 9.62. The molecule has 0 aliphatic heterocycles. The van der Waals surface area contributed by atoms with Crippen molar-refractivity contribution >= 4 is 43.8 Å². The van der Waals surface area contributed by atoms with Crippen molar-refractivity contribution in [1.82, 2.24) is 0 Å². The van der Waals surface area contributed by atoms with Gasteiger partial charge in [-0.2, -0.15) is 0 Å². The standard InChI is InChI=1S/C9H9BrO3.C7H5BrO3/c1-2-13-9(12)6-3-4-8(11)7(10)5-6;8-5-3-4(7(10)11)1-2-6(5)9/h3-5,11H,2H2,1H3;1-3,9H,(H,10,11). The third kappa shape index (κ3) is 5.86. The Labute approximate surface area is 155 Å². The number of rotatable bonds is 3. The van der Waals surface area contributed by atoms with Crippen molar-refractivity contribution in [1.29, 1.82) is 0 Å². The van der Waals surface area contributed by atoms with Gasteiger partial charge < -0.3 is 20.1 Å². The second-order valence-electron chi connectivity index (χ2n) is 4.36. The second-order valence-corrected chi connectivity index (χ2v) is 6.07. The SMILES string of the molecule is CCOC(=O)c1ccc(O)c(Br)c1.O=C(O)c1ccc(O)c(Br)c1. The topological polar surface area (TPSA) is 104 Å². The van der Waals surface area contributed by atoms with Gasteiger partial charge in [-0.25, -0.2) is 9.59 Å². The Morgan fingerprint density at radius 1 is 0.958 bits per heavy atom. The molecule has 0 saturated heterocycles. The molecule has 6 nitrogen and oxygen atoms in total. The molecule has 8 heteroatoms. The average molecular weight is 462 g/mol. The Hall–Kier alpha value is -2.06. The molecule has 0 radical (unpaired) electrons. The van der Waals surface area contributed by atoms with Crippen LogP contribution in [0.4, 0.5) is 0 Å². The van der Waals surface area contributed by atoms with Crippen LogP contribution in [0.2, 0.25) is 0 Å². The van der Waals surface area contributed by atoms with Crippen LogP contribution in [-0.4, -0.2) is 33.9 Å². The Kier molecular flexibility index (Phi) is 7.73. The summed E-state index contributed by atoms with van der Waals surface area (Å²) in [6, 6.07) is 8.48. The van der Waals surface area contributed by atoms with Crippen LogP contribution in [0.3, 0.4) is 0 Å². The molecule has 0 heterocycles. The molecule has 0 amide bonds. The summed E-state index contributed by atoms with van der Waals surface area (Å²) >= 11 is 6.11. The molecule has 0 bridgehead atoms. The lowest BCUT2D eigenvalue weighted by Crippen LogP contribution is -2.04. The lowest BCUT2D eigenvalue weighted by molar-refractivity contribution is 0.0525. The number of carbonyl (C=O) groups is 2. The number of carboxylic acid groups (broad SMARTS) is 1. The third-order valence-corrected chi connectivity index (χ3v) is 3.92. The van der Waals surface area contributed by atoms with Gasteiger partial charge in [-0.3, -0.25) is 0 Å². The number of aromatic hydroxyl groups is 2. The van der Waals surface area contributed by atoms with Gasteiger partial charge in [0, 0.05) is 0 Å². The minimum Gasteiger partial charge on any atom is -0.507 e. The fourth-order valence-electron chi connectivity index (χ4n) is 1.49. The van der Waals surface area contributed by atoms with Gasteiger partial charge in [0.15, 0.2) is 0 Å². The van der Waals surface area contributed by atoms with Crippen molar-refractivity contribution in [3.63, 3.8) is 0 Å². The number of carboxylic acids is 1. The molecule has 0 aliphatic rings. The largest absolute Gasteiger partial charge is 0.507 e. The Bertz CT molecular complexity index is 745. The van der Waals surface area contributed by atoms with Crippen LogP contribution >= 0.6 is 31.9 Å². The Balaban J connectivity index is 0.000000243. The first-order valence-electron chi connectivity index (χ1n) is 6.63. The van der Waals surface area contributed by atoms with E-state index in [2.05, 4.69) is 31.9 Å². The highest BCUT2D eigenvalue weighted by Crippen LogP contribution is 2.25. The van der Waals surface area contributed by atoms with Gasteiger partial charge in [0.05, 0.1) is 26.7 Å². The van der Waals surface area contributed by atoms with Crippen LogP contribution in [0.5, 0.6) is 11.5 Å². The second kappa shape index (κ2) is 9.29. The number of hydrogen-bond acceptors (Lipinski definition) is 5. The zero-order chi connectivity index (χ0) is 18.3. The molecule has 0 atom stereocenters. The number of carbonyl (C=O) groups excluding carboxylic acids is 1. The number of halogens is 2. The lowest BCUT2D eigenvalue weighted by Gasteiger charge is -2.02. The van der Waals surface area contributed by atoms with E-state index in [4.69, 9.17) is 20.1 Å². The van der Waals surface area contributed by atoms with E-state index in [1.165, 1.54) is 36.4 Å². The van der Waals surface area contributed by atoms with Crippen LogP contribution in [0.25, 0.3) is 0 Å². The maximum absolute atomic E-state index is 11.2. The lowest BCUT2D eigenvalue weighted by atomic mass is 10.2. The molecule has 128 valence electrons. The first-order chi connectivity index (χ1) is 11.3. The van der Waals surface area contributed by atoms with Gasteiger partial charge >= 0.3 is 11.9 Å². The summed E-state index contributed by atoms with van der Waals surface area (Å²) in [6.07, 6.45) is 0. The molecule has 24 heavy (non-hydrogen) atoms. The minimum absolute atomic E-state index is 0.0370. The average Bonchev–Trinajstić information content (AvgIpc) is 2.53. The monoisotopic (exact) mass is 460 g/mol. The molecule has 0 unspecified atom stereocenters. The summed E-state index contributed by atoms with van der Waals surface area (Å²) in [6.45, 7) is 2.09. The van der Waals surface area contributed by atoms with E-state index in [0.717, 1.165) is 0 Å². The maximum Gasteiger partial charge on any atom is 0.338 e. The summed E-state index contributed by atoms with van der Waals surface area (Å²) in [7, 11) is 0. The van der Waals surface area contributed by atoms with Gasteiger partial charge in [-0.1, -0.05) is 0 Å². The molecule has 3 N–H and O–H groups in total. The van der Waals surface area contributed by atoms with Gasteiger partial charge in [0.25, 0.3) is 0 Å². The highest BCUT2D eigenvalue weighted by Gasteiger charge is 2.08. The molecule has 0 aliphatic carbocycles. The van der Waals surface area contributed by atoms with E-state index in [-0.39, 0.29) is 23.0 Å². The molecule has 0 saturated carbocycles. The first-order valence-corrected chi connectivity index (χ1v) is 8.22. The predicted octanol–water partition coefficient (Wildman–Crippen LogP) is 4.18. The Morgan fingerprint density at radius 3 is 1.83 bits per heavy atom. The van der Waals surface area contributed by atoms with E-state index in [1.54, 1.807) is 6.92 Å². The molecule has 2 aromatic rings. The van der Waals surface area contributed by atoms with E-state index in [0.29, 0.717) is 21.1 Å². The number of ether oxygens (including phenoxy) is 1. The molecular weight excluding hydrogens is 448 g/mol. The van der Waals surface area contributed by atoms with Crippen molar-refractivity contribution in [3.8, 4) is 11.5 Å². The zero-order valence-electron chi connectivity index (χ0n) is 12.5.